The van der Waals surface area contributed by atoms with Crippen LogP contribution in [0.3, 0.4) is 0 Å². The van der Waals surface area contributed by atoms with Crippen molar-refractivity contribution in [2.24, 2.45) is 43.2 Å². The van der Waals surface area contributed by atoms with Crippen molar-refractivity contribution in [2.45, 2.75) is 103 Å². The van der Waals surface area contributed by atoms with Crippen LogP contribution in [0.15, 0.2) is 82.1 Å². The van der Waals surface area contributed by atoms with E-state index in [2.05, 4.69) is 159 Å². The number of nitrogens with one attached hydrogen (secondary N) is 5. The Balaban J connectivity index is 0.000000474. The summed E-state index contributed by atoms with van der Waals surface area (Å²) in [6.45, 7) is 21.5. The summed E-state index contributed by atoms with van der Waals surface area (Å²) in [7, 11) is 10.1. The van der Waals surface area contributed by atoms with E-state index in [1.165, 1.54) is 21.6 Å². The van der Waals surface area contributed by atoms with Crippen LogP contribution in [0.5, 0.6) is 17.6 Å². The number of nitrogens with two attached hydrogens (primary N) is 3. The molecule has 15 heterocycles. The summed E-state index contributed by atoms with van der Waals surface area (Å²) in [6.07, 6.45) is 16.1. The number of hydrogen-bond donors (Lipinski definition) is 8. The second-order valence-electron chi connectivity index (χ2n) is 24.8. The number of aromatic amines is 2. The molecule has 15 rings (SSSR count). The van der Waals surface area contributed by atoms with Gasteiger partial charge in [0, 0.05) is 83.3 Å². The molecule has 121 heavy (non-hydrogen) atoms. The third kappa shape index (κ3) is 31.9. The van der Waals surface area contributed by atoms with E-state index in [-0.39, 0.29) is 90.7 Å². The zero-order valence-corrected chi connectivity index (χ0v) is 76.2. The molecule has 0 bridgehead atoms. The molecule has 0 radical (unpaired) electrons. The Hall–Kier alpha value is -9.25. The van der Waals surface area contributed by atoms with Crippen molar-refractivity contribution >= 4 is 172 Å². The summed E-state index contributed by atoms with van der Waals surface area (Å²) in [5, 5.41) is 34.0. The SMILES string of the molecule is C.C.CCOC(=O)C1=NC=C(C)C1.CCOC(=O)c1ncc(C)n1N.COc1nn(C)cc1N.COc1nn(C)cc1Nc1nc(Cl)cn2c(C)cnc12.COc1nn(C)cc1Nc1nc(N2C[C@@H](C)[C@H](F)C2)nn2c(C)cnc12.C[C@@H]1CNC[C@H]1F.Cc1cnc2c(=O)[nH]c(=O)[nH]n12.Cc1cnc2c(Cl)nc(Cl)nn12.NCl.O=P(Cl)(Cl)Cl.[Na+].[O-]Cl. The van der Waals surface area contributed by atoms with E-state index in [0.29, 0.717) is 119 Å². The summed E-state index contributed by atoms with van der Waals surface area (Å²) in [5.74, 6) is 7.98. The number of H-pyrrole nitrogens is 2. The number of nitrogens with zero attached hydrogens (tertiary/aromatic N) is 23. The fourth-order valence-electron chi connectivity index (χ4n) is 10.2. The molecule has 42 nitrogen and oxygen atoms in total. The van der Waals surface area contributed by atoms with Crippen LogP contribution < -0.4 is 97.4 Å². The molecule has 12 aromatic rings. The number of anilines is 6. The molecule has 0 aromatic carbocycles. The average molecular weight is 1890 g/mol. The normalized spacial score (nSPS) is 14.4. The fraction of sp³-hybridized carbons (Fsp3) is 0.433. The topological polar surface area (TPSA) is 521 Å². The minimum Gasteiger partial charge on any atom is -0.769 e. The van der Waals surface area contributed by atoms with Gasteiger partial charge in [0.15, 0.2) is 33.7 Å². The molecule has 0 saturated carbocycles. The number of hydrogen-bond acceptors (Lipinski definition) is 32. The van der Waals surface area contributed by atoms with E-state index < -0.39 is 34.8 Å². The van der Waals surface area contributed by atoms with Crippen molar-refractivity contribution in [2.75, 3.05) is 87.8 Å². The first-order chi connectivity index (χ1) is 55.8. The number of imidazole rings is 5. The summed E-state index contributed by atoms with van der Waals surface area (Å²) in [6, 6.07) is 0. The first-order valence-electron chi connectivity index (χ1n) is 34.5. The van der Waals surface area contributed by atoms with Crippen LogP contribution in [0.4, 0.5) is 43.4 Å². The van der Waals surface area contributed by atoms with Gasteiger partial charge in [-0.05, 0) is 118 Å². The Kier molecular flexibility index (Phi) is 46.0. The Morgan fingerprint density at radius 3 is 1.60 bits per heavy atom. The molecule has 12 aromatic heterocycles. The second kappa shape index (κ2) is 51.6. The Labute approximate surface area is 754 Å². The van der Waals surface area contributed by atoms with Crippen LogP contribution in [0.2, 0.25) is 15.6 Å². The number of allylic oxidation sites excluding steroid dienone is 1. The van der Waals surface area contributed by atoms with Gasteiger partial charge in [-0.1, -0.05) is 51.9 Å². The minimum atomic E-state index is -3.22. The maximum Gasteiger partial charge on any atom is 1.00 e. The second-order valence-corrected chi connectivity index (χ2v) is 32.6. The van der Waals surface area contributed by atoms with Gasteiger partial charge in [-0.15, -0.1) is 25.5 Å². The van der Waals surface area contributed by atoms with Gasteiger partial charge in [-0.25, -0.2) is 98.5 Å². The number of aryl methyl sites for hydroxylation is 8. The molecular weight excluding hydrogens is 1790 g/mol. The van der Waals surface area contributed by atoms with Crippen molar-refractivity contribution in [3.8, 4) is 17.6 Å². The molecule has 0 spiro atoms. The van der Waals surface area contributed by atoms with Gasteiger partial charge in [0.2, 0.25) is 22.7 Å². The molecule has 2 saturated heterocycles. The van der Waals surface area contributed by atoms with Gasteiger partial charge in [0.1, 0.15) is 40.3 Å². The van der Waals surface area contributed by atoms with Gasteiger partial charge in [0.25, 0.3) is 23.2 Å². The maximum atomic E-state index is 14.0. The number of methoxy groups -OCH3 is 3. The van der Waals surface area contributed by atoms with Crippen molar-refractivity contribution in [1.29, 1.82) is 0 Å². The molecular formula is C67H95Cl8F2N31NaO11P. The molecule has 3 aliphatic heterocycles. The van der Waals surface area contributed by atoms with Crippen molar-refractivity contribution in [3.63, 3.8) is 0 Å². The number of aromatic nitrogens is 23. The summed E-state index contributed by atoms with van der Waals surface area (Å²) in [5.41, 5.74) is 14.1. The fourth-order valence-corrected chi connectivity index (χ4v) is 10.8. The van der Waals surface area contributed by atoms with E-state index in [9.17, 15) is 32.5 Å². The number of ether oxygens (including phenoxy) is 5. The molecule has 0 unspecified atom stereocenters. The Morgan fingerprint density at radius 1 is 0.636 bits per heavy atom. The van der Waals surface area contributed by atoms with Crippen LogP contribution in [0.1, 0.15) is 95.0 Å². The number of alkyl halides is 2. The van der Waals surface area contributed by atoms with E-state index in [1.54, 1.807) is 136 Å². The smallest absolute Gasteiger partial charge is 0.769 e. The predicted molar refractivity (Wildman–Crippen MR) is 458 cm³/mol. The number of fused-ring (bicyclic) bond motifs is 4. The van der Waals surface area contributed by atoms with Crippen LogP contribution in [0, 0.1) is 46.5 Å². The van der Waals surface area contributed by atoms with Crippen LogP contribution in [-0.2, 0) is 40.0 Å². The molecule has 2 fully saturated rings. The number of rotatable bonds is 12. The van der Waals surface area contributed by atoms with Gasteiger partial charge >= 0.3 is 52.4 Å². The average Bonchev–Trinajstić information content (AvgIpc) is 1.65. The van der Waals surface area contributed by atoms with E-state index >= 15 is 0 Å². The standard InChI is InChI=1S/C16H21FN8O.C12H13ClN6O.C8H11NO2.C7H11N3O2.C6H4Cl2N4.C6H6N4O2.C5H10FN.C5H9N3O.2CH4.Cl3OP.ClH2N.ClO.Na/c1-9-6-24(7-11(9)17)16-20-13(14-18-5-10(2)25(14)22-16)19-12-8-23(3)21-15(12)26-4;1-7-4-14-11-10(16-9(13)6-19(7)11)15-8-5-18(2)17-12(8)20-3;1-3-11-8(10)7-4-6(2)5-9-7;1-3-12-7(11)6-9-4-5(2)10(6)8;1-3-2-9-5-4(7)10-6(8)11-12(3)5;1-3-2-7-4-5(11)8-6(12)9-10(3)4;1-4-2-7-3-5(4)6;1-8-3-4(6)5(7-8)9-2;;;1-5(2,3)4;2*1-2;/h5,8-9,11H,6-7H2,1-4H3,(H,19,20,22);4-6H,1-3H3,(H,15,16);5H,3-4H2,1-2H3;4H,3,8H2,1-2H3;2H,1H3;2H,1H3,(H2,8,9,11,12);4-5,7H,2-3H2,1H3;3H,6H2,1-2H3;2*1H4;;2H2;;/q;;;;;;;;;;;;-1;+1/t9-,11-;;;;;;4-,5-;;;;;;;/m1.....1......./s1. The number of nitrogen functional groups attached to an aromatic ring is 2. The number of carbonyl (C=O) groups excluding carboxylic acids is 2. The third-order valence-corrected chi connectivity index (χ3v) is 16.4. The van der Waals surface area contributed by atoms with Crippen molar-refractivity contribution in [3.05, 3.63) is 138 Å². The molecule has 0 aliphatic carbocycles. The van der Waals surface area contributed by atoms with E-state index in [1.807, 2.05) is 57.9 Å². The van der Waals surface area contributed by atoms with E-state index in [0.717, 1.165) is 34.9 Å². The zero-order valence-electron chi connectivity index (χ0n) is 67.3. The first-order valence-corrected chi connectivity index (χ1v) is 40.8. The number of carbonyl (C=O) groups is 2. The Bertz CT molecular complexity index is 5510. The largest absolute Gasteiger partial charge is 1.00 e. The van der Waals surface area contributed by atoms with Crippen molar-refractivity contribution < 1.29 is 80.8 Å². The number of aliphatic imine (C=N–C) groups is 1. The summed E-state index contributed by atoms with van der Waals surface area (Å²) < 4.78 is 80.9. The molecule has 11 N–H and O–H groups in total. The molecule has 0 amide bonds. The van der Waals surface area contributed by atoms with E-state index in [4.69, 9.17) is 74.7 Å². The van der Waals surface area contributed by atoms with Crippen LogP contribution in [0.25, 0.3) is 22.6 Å². The van der Waals surface area contributed by atoms with Crippen molar-refractivity contribution in [1.82, 2.24) is 117 Å². The minimum absolute atomic E-state index is 0. The molecule has 4 atom stereocenters. The number of halogens is 10. The predicted octanol–water partition coefficient (Wildman–Crippen LogP) is 7.29. The third-order valence-electron chi connectivity index (χ3n) is 15.8. The van der Waals surface area contributed by atoms with Crippen LogP contribution in [-0.4, -0.2) is 203 Å². The quantitative estimate of drug-likeness (QED) is 0.0196. The summed E-state index contributed by atoms with van der Waals surface area (Å²) in [4.78, 5) is 84.8. The van der Waals surface area contributed by atoms with Crippen LogP contribution >= 0.6 is 97.4 Å². The summed E-state index contributed by atoms with van der Waals surface area (Å²) >= 11 is 38.8. The zero-order chi connectivity index (χ0) is 88.2. The maximum absolute atomic E-state index is 14.0. The van der Waals surface area contributed by atoms with Gasteiger partial charge in [-0.2, -0.15) is 4.98 Å². The molecule has 3 aliphatic rings. The van der Waals surface area contributed by atoms with Gasteiger partial charge in [-0.3, -0.25) is 37.8 Å². The number of esters is 2. The van der Waals surface area contributed by atoms with Gasteiger partial charge < -0.3 is 60.8 Å². The monoisotopic (exact) mass is 1880 g/mol. The molecule has 660 valence electrons. The molecule has 54 heteroatoms. The Morgan fingerprint density at radius 2 is 1.13 bits per heavy atom. The van der Waals surface area contributed by atoms with Gasteiger partial charge in [0.05, 0.1) is 107 Å². The first kappa shape index (κ1) is 108.